The number of hydrogen-bond donors (Lipinski definition) is 2. The molecule has 174 valence electrons. The largest absolute Gasteiger partial charge is 0.355 e. The third kappa shape index (κ3) is 5.87. The van der Waals surface area contributed by atoms with E-state index < -0.39 is 0 Å². The van der Waals surface area contributed by atoms with E-state index in [4.69, 9.17) is 0 Å². The van der Waals surface area contributed by atoms with Crippen molar-refractivity contribution < 1.29 is 0 Å². The maximum Gasteiger partial charge on any atom is 0.225 e. The first-order chi connectivity index (χ1) is 16.1. The third-order valence-electron chi connectivity index (χ3n) is 5.83. The number of piperazine rings is 1. The fraction of sp³-hybridized carbons (Fsp3) is 0.417. The summed E-state index contributed by atoms with van der Waals surface area (Å²) in [5, 5.41) is 11.5. The Morgan fingerprint density at radius 3 is 2.45 bits per heavy atom. The molecule has 2 N–H and O–H groups in total. The van der Waals surface area contributed by atoms with Gasteiger partial charge in [0.1, 0.15) is 0 Å². The zero-order chi connectivity index (χ0) is 23.0. The fourth-order valence-electron chi connectivity index (χ4n) is 4.10. The van der Waals surface area contributed by atoms with Gasteiger partial charge in [0.25, 0.3) is 0 Å². The predicted octanol–water partition coefficient (Wildman–Crippen LogP) is 1.77. The molecule has 0 atom stereocenters. The van der Waals surface area contributed by atoms with Gasteiger partial charge >= 0.3 is 0 Å². The predicted molar refractivity (Wildman–Crippen MR) is 132 cm³/mol. The van der Waals surface area contributed by atoms with Crippen molar-refractivity contribution in [1.29, 1.82) is 0 Å². The van der Waals surface area contributed by atoms with Crippen molar-refractivity contribution in [2.75, 3.05) is 51.2 Å². The van der Waals surface area contributed by atoms with Crippen LogP contribution in [0.25, 0.3) is 5.69 Å². The van der Waals surface area contributed by atoms with Crippen molar-refractivity contribution in [2.45, 2.75) is 20.4 Å². The van der Waals surface area contributed by atoms with Crippen LogP contribution in [0.5, 0.6) is 0 Å². The van der Waals surface area contributed by atoms with Gasteiger partial charge in [0.2, 0.25) is 5.95 Å². The first kappa shape index (κ1) is 22.7. The summed E-state index contributed by atoms with van der Waals surface area (Å²) in [6, 6.07) is 12.3. The zero-order valence-corrected chi connectivity index (χ0v) is 19.7. The van der Waals surface area contributed by atoms with Crippen LogP contribution in [0.4, 0.5) is 5.95 Å². The summed E-state index contributed by atoms with van der Waals surface area (Å²) in [6.45, 7) is 10.5. The van der Waals surface area contributed by atoms with Crippen molar-refractivity contribution in [1.82, 2.24) is 35.3 Å². The number of nitrogens with one attached hydrogen (secondary N) is 2. The standard InChI is InChI=1S/C24H33N9/c1-19-17-20(2)33(30-19)22-8-5-4-7-21(22)18-29-23(25-3)26-11-12-31-13-15-32(16-14-31)24-27-9-6-10-28-24/h4-10,17H,11-16,18H2,1-3H3,(H2,25,26,29). The van der Waals surface area contributed by atoms with Gasteiger partial charge in [-0.1, -0.05) is 18.2 Å². The molecule has 0 aliphatic carbocycles. The van der Waals surface area contributed by atoms with Crippen LogP contribution >= 0.6 is 0 Å². The first-order valence-corrected chi connectivity index (χ1v) is 11.4. The van der Waals surface area contributed by atoms with E-state index in [1.54, 1.807) is 19.4 Å². The molecule has 3 aromatic rings. The lowest BCUT2D eigenvalue weighted by atomic mass is 10.1. The summed E-state index contributed by atoms with van der Waals surface area (Å²) in [7, 11) is 1.81. The molecular formula is C24H33N9. The van der Waals surface area contributed by atoms with E-state index in [1.165, 1.54) is 5.56 Å². The van der Waals surface area contributed by atoms with E-state index in [0.29, 0.717) is 6.54 Å². The summed E-state index contributed by atoms with van der Waals surface area (Å²) in [5.41, 5.74) is 4.41. The lowest BCUT2D eigenvalue weighted by Gasteiger charge is -2.34. The summed E-state index contributed by atoms with van der Waals surface area (Å²) in [5.74, 6) is 1.62. The highest BCUT2D eigenvalue weighted by Crippen LogP contribution is 2.17. The molecule has 0 spiro atoms. The van der Waals surface area contributed by atoms with Crippen molar-refractivity contribution in [3.63, 3.8) is 0 Å². The number of nitrogens with zero attached hydrogens (tertiary/aromatic N) is 7. The molecular weight excluding hydrogens is 414 g/mol. The van der Waals surface area contributed by atoms with Gasteiger partial charge in [-0.2, -0.15) is 5.10 Å². The average Bonchev–Trinajstić information content (AvgIpc) is 3.20. The van der Waals surface area contributed by atoms with E-state index in [-0.39, 0.29) is 0 Å². The smallest absolute Gasteiger partial charge is 0.225 e. The number of benzene rings is 1. The molecule has 1 aromatic carbocycles. The molecule has 2 aromatic heterocycles. The van der Waals surface area contributed by atoms with Gasteiger partial charge < -0.3 is 15.5 Å². The summed E-state index contributed by atoms with van der Waals surface area (Å²) >= 11 is 0. The Kier molecular flexibility index (Phi) is 7.51. The lowest BCUT2D eigenvalue weighted by molar-refractivity contribution is 0.260. The van der Waals surface area contributed by atoms with Crippen LogP contribution < -0.4 is 15.5 Å². The van der Waals surface area contributed by atoms with Crippen LogP contribution in [-0.2, 0) is 6.54 Å². The molecule has 1 aliphatic rings. The van der Waals surface area contributed by atoms with Gasteiger partial charge in [0, 0.05) is 70.9 Å². The Morgan fingerprint density at radius 1 is 1.00 bits per heavy atom. The first-order valence-electron chi connectivity index (χ1n) is 11.4. The second kappa shape index (κ2) is 10.9. The Balaban J connectivity index is 1.24. The average molecular weight is 448 g/mol. The summed E-state index contributed by atoms with van der Waals surface area (Å²) in [4.78, 5) is 17.8. The number of aromatic nitrogens is 4. The Bertz CT molecular complexity index is 1050. The molecule has 4 rings (SSSR count). The van der Waals surface area contributed by atoms with Gasteiger partial charge in [-0.3, -0.25) is 9.89 Å². The van der Waals surface area contributed by atoms with E-state index in [9.17, 15) is 0 Å². The van der Waals surface area contributed by atoms with Gasteiger partial charge in [-0.25, -0.2) is 14.6 Å². The number of anilines is 1. The van der Waals surface area contributed by atoms with Crippen LogP contribution in [0.15, 0.2) is 53.8 Å². The van der Waals surface area contributed by atoms with Crippen molar-refractivity contribution in [2.24, 2.45) is 4.99 Å². The maximum atomic E-state index is 4.64. The van der Waals surface area contributed by atoms with Gasteiger partial charge in [-0.15, -0.1) is 0 Å². The van der Waals surface area contributed by atoms with Crippen LogP contribution in [-0.4, -0.2) is 76.9 Å². The molecule has 3 heterocycles. The lowest BCUT2D eigenvalue weighted by Crippen LogP contribution is -2.49. The van der Waals surface area contributed by atoms with Crippen molar-refractivity contribution >= 4 is 11.9 Å². The van der Waals surface area contributed by atoms with Crippen molar-refractivity contribution in [3.05, 3.63) is 65.7 Å². The second-order valence-electron chi connectivity index (χ2n) is 8.20. The van der Waals surface area contributed by atoms with Gasteiger partial charge in [0.05, 0.1) is 11.4 Å². The molecule has 1 saturated heterocycles. The zero-order valence-electron chi connectivity index (χ0n) is 19.7. The Labute approximate surface area is 195 Å². The number of para-hydroxylation sites is 1. The highest BCUT2D eigenvalue weighted by Gasteiger charge is 2.18. The molecule has 0 saturated carbocycles. The molecule has 1 fully saturated rings. The summed E-state index contributed by atoms with van der Waals surface area (Å²) in [6.07, 6.45) is 3.60. The Hall–Kier alpha value is -3.46. The SMILES string of the molecule is CN=C(NCCN1CCN(c2ncccn2)CC1)NCc1ccccc1-n1nc(C)cc1C. The normalized spacial score (nSPS) is 15.0. The number of guanidine groups is 1. The topological polar surface area (TPSA) is 86.5 Å². The molecule has 9 nitrogen and oxygen atoms in total. The molecule has 0 radical (unpaired) electrons. The van der Waals surface area contributed by atoms with Crippen LogP contribution in [0.2, 0.25) is 0 Å². The van der Waals surface area contributed by atoms with Gasteiger partial charge in [0.15, 0.2) is 5.96 Å². The molecule has 0 amide bonds. The molecule has 0 bridgehead atoms. The minimum atomic E-state index is 0.671. The van der Waals surface area contributed by atoms with E-state index in [0.717, 1.165) is 68.3 Å². The highest BCUT2D eigenvalue weighted by atomic mass is 15.3. The molecule has 1 aliphatic heterocycles. The molecule has 33 heavy (non-hydrogen) atoms. The van der Waals surface area contributed by atoms with Crippen LogP contribution in [0, 0.1) is 13.8 Å². The monoisotopic (exact) mass is 447 g/mol. The van der Waals surface area contributed by atoms with Gasteiger partial charge in [-0.05, 0) is 37.6 Å². The van der Waals surface area contributed by atoms with E-state index >= 15 is 0 Å². The quantitative estimate of drug-likeness (QED) is 0.422. The van der Waals surface area contributed by atoms with Crippen LogP contribution in [0.3, 0.4) is 0 Å². The minimum Gasteiger partial charge on any atom is -0.355 e. The van der Waals surface area contributed by atoms with Crippen molar-refractivity contribution in [3.8, 4) is 5.69 Å². The third-order valence-corrected chi connectivity index (χ3v) is 5.83. The number of rotatable bonds is 7. The Morgan fingerprint density at radius 2 is 1.76 bits per heavy atom. The van der Waals surface area contributed by atoms with Crippen LogP contribution in [0.1, 0.15) is 17.0 Å². The maximum absolute atomic E-state index is 4.64. The number of aliphatic imine (C=N–C) groups is 1. The summed E-state index contributed by atoms with van der Waals surface area (Å²) < 4.78 is 2.00. The van der Waals surface area contributed by atoms with E-state index in [2.05, 4.69) is 71.7 Å². The fourth-order valence-corrected chi connectivity index (χ4v) is 4.10. The minimum absolute atomic E-state index is 0.671. The molecule has 9 heteroatoms. The second-order valence-corrected chi connectivity index (χ2v) is 8.20. The number of aryl methyl sites for hydroxylation is 2. The molecule has 0 unspecified atom stereocenters. The number of hydrogen-bond acceptors (Lipinski definition) is 6. The highest BCUT2D eigenvalue weighted by molar-refractivity contribution is 5.79. The van der Waals surface area contributed by atoms with E-state index in [1.807, 2.05) is 23.7 Å².